The van der Waals surface area contributed by atoms with Crippen LogP contribution in [-0.2, 0) is 0 Å². The average Bonchev–Trinajstić information content (AvgIpc) is 2.56. The molecule has 0 radical (unpaired) electrons. The molecule has 0 unspecified atom stereocenters. The summed E-state index contributed by atoms with van der Waals surface area (Å²) in [6, 6.07) is 0. The predicted molar refractivity (Wildman–Crippen MR) is 50.9 cm³/mol. The van der Waals surface area contributed by atoms with Crippen LogP contribution in [0.25, 0.3) is 5.78 Å². The van der Waals surface area contributed by atoms with Crippen LogP contribution >= 0.6 is 0 Å². The van der Waals surface area contributed by atoms with Crippen LogP contribution in [-0.4, -0.2) is 30.7 Å². The Kier molecular flexibility index (Phi) is 1.59. The standard InChI is InChI=1S/C9H10N4O2/c14-8(15)6-4-13-9(10-6)11-7(12-13)5-2-1-3-5/h4-5H,1-3H2,(H,14,15)(H,10,11,12). The Labute approximate surface area is 84.9 Å². The number of hydrogen-bond donors (Lipinski definition) is 2. The molecule has 0 bridgehead atoms. The van der Waals surface area contributed by atoms with Gasteiger partial charge in [0.25, 0.3) is 5.78 Å². The zero-order chi connectivity index (χ0) is 10.4. The molecule has 6 nitrogen and oxygen atoms in total. The van der Waals surface area contributed by atoms with Gasteiger partial charge in [0.15, 0.2) is 5.69 Å². The van der Waals surface area contributed by atoms with Gasteiger partial charge in [-0.15, -0.1) is 0 Å². The van der Waals surface area contributed by atoms with Crippen molar-refractivity contribution in [1.29, 1.82) is 0 Å². The first-order valence-corrected chi connectivity index (χ1v) is 4.92. The summed E-state index contributed by atoms with van der Waals surface area (Å²) in [6.07, 6.45) is 5.01. The highest BCUT2D eigenvalue weighted by atomic mass is 16.4. The molecule has 2 N–H and O–H groups in total. The van der Waals surface area contributed by atoms with E-state index in [-0.39, 0.29) is 5.69 Å². The summed E-state index contributed by atoms with van der Waals surface area (Å²) >= 11 is 0. The second kappa shape index (κ2) is 2.82. The highest BCUT2D eigenvalue weighted by molar-refractivity contribution is 5.85. The molecule has 0 atom stereocenters. The van der Waals surface area contributed by atoms with E-state index in [9.17, 15) is 4.79 Å². The first kappa shape index (κ1) is 8.46. The quantitative estimate of drug-likeness (QED) is 0.768. The van der Waals surface area contributed by atoms with Crippen molar-refractivity contribution in [1.82, 2.24) is 19.6 Å². The summed E-state index contributed by atoms with van der Waals surface area (Å²) in [4.78, 5) is 18.8. The van der Waals surface area contributed by atoms with Crippen LogP contribution in [0.3, 0.4) is 0 Å². The number of carboxylic acids is 1. The Morgan fingerprint density at radius 1 is 1.53 bits per heavy atom. The van der Waals surface area contributed by atoms with Crippen LogP contribution in [0.15, 0.2) is 6.20 Å². The minimum absolute atomic E-state index is 0.0221. The fraction of sp³-hybridized carbons (Fsp3) is 0.444. The third-order valence-corrected chi connectivity index (χ3v) is 2.85. The molecule has 0 aliphatic heterocycles. The third-order valence-electron chi connectivity index (χ3n) is 2.85. The molecule has 3 rings (SSSR count). The zero-order valence-electron chi connectivity index (χ0n) is 7.97. The lowest BCUT2D eigenvalue weighted by Crippen LogP contribution is -2.10. The smallest absolute Gasteiger partial charge is 0.356 e. The monoisotopic (exact) mass is 206 g/mol. The summed E-state index contributed by atoms with van der Waals surface area (Å²) in [6.45, 7) is 0. The van der Waals surface area contributed by atoms with Gasteiger partial charge < -0.3 is 5.11 Å². The number of aromatic nitrogens is 4. The molecule has 1 fully saturated rings. The molecular formula is C9H10N4O2. The molecule has 0 saturated heterocycles. The Hall–Kier alpha value is -1.85. The molecule has 2 aromatic heterocycles. The Morgan fingerprint density at radius 2 is 2.33 bits per heavy atom. The van der Waals surface area contributed by atoms with Crippen molar-refractivity contribution in [2.24, 2.45) is 0 Å². The maximum atomic E-state index is 10.6. The van der Waals surface area contributed by atoms with Crippen LogP contribution in [0.2, 0.25) is 0 Å². The lowest BCUT2D eigenvalue weighted by Gasteiger charge is -2.22. The molecule has 2 aromatic rings. The first-order chi connectivity index (χ1) is 7.24. The van der Waals surface area contributed by atoms with E-state index in [1.807, 2.05) is 0 Å². The van der Waals surface area contributed by atoms with E-state index in [0.29, 0.717) is 11.7 Å². The number of rotatable bonds is 2. The second-order valence-corrected chi connectivity index (χ2v) is 3.84. The third kappa shape index (κ3) is 1.21. The minimum atomic E-state index is -1.03. The van der Waals surface area contributed by atoms with Crippen molar-refractivity contribution in [3.05, 3.63) is 17.7 Å². The normalized spacial score (nSPS) is 16.8. The van der Waals surface area contributed by atoms with E-state index >= 15 is 0 Å². The molecule has 0 amide bonds. The number of aromatic carboxylic acids is 1. The van der Waals surface area contributed by atoms with E-state index in [1.165, 1.54) is 12.6 Å². The van der Waals surface area contributed by atoms with Gasteiger partial charge in [-0.1, -0.05) is 6.42 Å². The van der Waals surface area contributed by atoms with Crippen LogP contribution in [0.5, 0.6) is 0 Å². The second-order valence-electron chi connectivity index (χ2n) is 3.84. The molecule has 2 heterocycles. The molecule has 1 aliphatic carbocycles. The lowest BCUT2D eigenvalue weighted by molar-refractivity contribution is 0.0691. The van der Waals surface area contributed by atoms with Crippen molar-refractivity contribution < 1.29 is 9.90 Å². The predicted octanol–water partition coefficient (Wildman–Crippen LogP) is 1.02. The Bertz CT molecular complexity index is 492. The number of nitrogens with one attached hydrogen (secondary N) is 1. The zero-order valence-corrected chi connectivity index (χ0v) is 7.97. The summed E-state index contributed by atoms with van der Waals surface area (Å²) in [5, 5.41) is 11.8. The van der Waals surface area contributed by atoms with Crippen molar-refractivity contribution in [3.8, 4) is 0 Å². The molecule has 0 aromatic carbocycles. The molecule has 1 saturated carbocycles. The highest BCUT2D eigenvalue weighted by Crippen LogP contribution is 2.34. The van der Waals surface area contributed by atoms with Gasteiger partial charge in [-0.25, -0.2) is 14.3 Å². The number of fused-ring (bicyclic) bond motifs is 1. The molecule has 0 spiro atoms. The fourth-order valence-electron chi connectivity index (χ4n) is 1.76. The molecular weight excluding hydrogens is 196 g/mol. The number of H-pyrrole nitrogens is 1. The topological polar surface area (TPSA) is 83.3 Å². The maximum Gasteiger partial charge on any atom is 0.356 e. The van der Waals surface area contributed by atoms with Crippen LogP contribution in [0, 0.1) is 0 Å². The van der Waals surface area contributed by atoms with E-state index in [2.05, 4.69) is 15.1 Å². The molecule has 6 heteroatoms. The van der Waals surface area contributed by atoms with E-state index in [1.54, 1.807) is 4.52 Å². The van der Waals surface area contributed by atoms with Gasteiger partial charge in [0.05, 0.1) is 6.20 Å². The summed E-state index contributed by atoms with van der Waals surface area (Å²) < 4.78 is 1.57. The number of imidazole rings is 1. The van der Waals surface area contributed by atoms with Gasteiger partial charge in [0.1, 0.15) is 5.82 Å². The first-order valence-electron chi connectivity index (χ1n) is 4.92. The Balaban J connectivity index is 2.01. The van der Waals surface area contributed by atoms with Crippen molar-refractivity contribution >= 4 is 11.7 Å². The van der Waals surface area contributed by atoms with Crippen molar-refractivity contribution in [3.63, 3.8) is 0 Å². The van der Waals surface area contributed by atoms with Crippen LogP contribution < -0.4 is 0 Å². The van der Waals surface area contributed by atoms with Crippen molar-refractivity contribution in [2.75, 3.05) is 0 Å². The summed E-state index contributed by atoms with van der Waals surface area (Å²) in [5.74, 6) is 0.828. The number of hydrogen-bond acceptors (Lipinski definition) is 3. The Morgan fingerprint density at radius 3 is 2.87 bits per heavy atom. The largest absolute Gasteiger partial charge is 0.476 e. The van der Waals surface area contributed by atoms with E-state index in [4.69, 9.17) is 5.11 Å². The van der Waals surface area contributed by atoms with E-state index in [0.717, 1.165) is 18.7 Å². The molecule has 1 aliphatic rings. The van der Waals surface area contributed by atoms with Crippen LogP contribution in [0.4, 0.5) is 0 Å². The minimum Gasteiger partial charge on any atom is -0.476 e. The van der Waals surface area contributed by atoms with Crippen molar-refractivity contribution in [2.45, 2.75) is 25.2 Å². The SMILES string of the molecule is O=C(O)c1cn2[nH]c(C3CCC3)nc2n1. The number of carbonyl (C=O) groups is 1. The van der Waals surface area contributed by atoms with Gasteiger partial charge in [0, 0.05) is 5.92 Å². The van der Waals surface area contributed by atoms with Gasteiger partial charge in [0.2, 0.25) is 0 Å². The number of aromatic amines is 1. The lowest BCUT2D eigenvalue weighted by atomic mass is 9.85. The molecule has 15 heavy (non-hydrogen) atoms. The average molecular weight is 206 g/mol. The maximum absolute atomic E-state index is 10.6. The van der Waals surface area contributed by atoms with Gasteiger partial charge >= 0.3 is 5.97 Å². The van der Waals surface area contributed by atoms with Crippen LogP contribution in [0.1, 0.15) is 41.5 Å². The number of carboxylic acid groups (broad SMARTS) is 1. The van der Waals surface area contributed by atoms with Gasteiger partial charge in [-0.2, -0.15) is 4.98 Å². The van der Waals surface area contributed by atoms with E-state index < -0.39 is 5.97 Å². The van der Waals surface area contributed by atoms with Gasteiger partial charge in [-0.05, 0) is 12.8 Å². The highest BCUT2D eigenvalue weighted by Gasteiger charge is 2.23. The fourth-order valence-corrected chi connectivity index (χ4v) is 1.76. The summed E-state index contributed by atoms with van der Waals surface area (Å²) in [7, 11) is 0. The molecule has 78 valence electrons. The van der Waals surface area contributed by atoms with Gasteiger partial charge in [-0.3, -0.25) is 5.10 Å². The number of nitrogens with zero attached hydrogens (tertiary/aromatic N) is 3. The summed E-state index contributed by atoms with van der Waals surface area (Å²) in [5.41, 5.74) is 0.0221.